The van der Waals surface area contributed by atoms with Crippen LogP contribution >= 0.6 is 0 Å². The lowest BCUT2D eigenvalue weighted by Gasteiger charge is -2.31. The fourth-order valence-corrected chi connectivity index (χ4v) is 4.93. The fraction of sp³-hybridized carbons (Fsp3) is 0.409. The minimum absolute atomic E-state index is 0.0481. The van der Waals surface area contributed by atoms with Crippen molar-refractivity contribution in [3.05, 3.63) is 53.6 Å². The third-order valence-electron chi connectivity index (χ3n) is 5.46. The van der Waals surface area contributed by atoms with E-state index in [4.69, 9.17) is 4.74 Å². The summed E-state index contributed by atoms with van der Waals surface area (Å²) in [7, 11) is -0.717. The van der Waals surface area contributed by atoms with Crippen molar-refractivity contribution in [1.29, 1.82) is 0 Å². The highest BCUT2D eigenvalue weighted by atomic mass is 32.2. The quantitative estimate of drug-likeness (QED) is 0.745. The number of anilines is 1. The third-order valence-corrected chi connectivity index (χ3v) is 7.24. The Morgan fingerprint density at radius 1 is 1.17 bits per heavy atom. The second kappa shape index (κ2) is 8.45. The molecule has 0 unspecified atom stereocenters. The lowest BCUT2D eigenvalue weighted by Crippen LogP contribution is -2.39. The maximum atomic E-state index is 13.1. The van der Waals surface area contributed by atoms with Gasteiger partial charge in [-0.1, -0.05) is 13.0 Å². The molecule has 1 atom stereocenters. The summed E-state index contributed by atoms with van der Waals surface area (Å²) in [5.74, 6) is 1.02. The fourth-order valence-electron chi connectivity index (χ4n) is 3.67. The maximum absolute atomic E-state index is 13.1. The Labute approximate surface area is 173 Å². The van der Waals surface area contributed by atoms with Crippen LogP contribution < -0.4 is 9.04 Å². The number of carbonyl (C=O) groups excluding carboxylic acids is 1. The molecule has 2 aromatic carbocycles. The summed E-state index contributed by atoms with van der Waals surface area (Å²) < 4.78 is 32.5. The zero-order valence-corrected chi connectivity index (χ0v) is 18.2. The van der Waals surface area contributed by atoms with Crippen LogP contribution in [0.3, 0.4) is 0 Å². The van der Waals surface area contributed by atoms with Gasteiger partial charge in [0.05, 0.1) is 17.7 Å². The van der Waals surface area contributed by atoms with Crippen LogP contribution in [0.5, 0.6) is 5.75 Å². The topological polar surface area (TPSA) is 66.9 Å². The van der Waals surface area contributed by atoms with E-state index in [9.17, 15) is 13.2 Å². The number of sulfonamides is 1. The normalized spacial score (nSPS) is 17.1. The summed E-state index contributed by atoms with van der Waals surface area (Å²) in [6, 6.07) is 11.5. The first-order chi connectivity index (χ1) is 13.7. The molecule has 29 heavy (non-hydrogen) atoms. The van der Waals surface area contributed by atoms with Gasteiger partial charge in [0.1, 0.15) is 5.75 Å². The van der Waals surface area contributed by atoms with Crippen LogP contribution in [0, 0.1) is 12.8 Å². The Kier molecular flexibility index (Phi) is 6.17. The SMILES string of the molecule is COc1ccc(S(=O)(=O)N(C)c2cc(C(=O)N3CCC[C@H](C)C3)ccc2C)cc1. The van der Waals surface area contributed by atoms with Crippen LogP contribution in [0.2, 0.25) is 0 Å². The number of hydrogen-bond donors (Lipinski definition) is 0. The van der Waals surface area contributed by atoms with Crippen molar-refractivity contribution in [2.75, 3.05) is 31.6 Å². The van der Waals surface area contributed by atoms with Crippen molar-refractivity contribution in [2.45, 2.75) is 31.6 Å². The lowest BCUT2D eigenvalue weighted by molar-refractivity contribution is 0.0683. The number of hydrogen-bond acceptors (Lipinski definition) is 4. The van der Waals surface area contributed by atoms with Gasteiger partial charge in [-0.25, -0.2) is 8.42 Å². The predicted octanol–water partition coefficient (Wildman–Crippen LogP) is 3.70. The van der Waals surface area contributed by atoms with E-state index < -0.39 is 10.0 Å². The molecule has 3 rings (SSSR count). The number of methoxy groups -OCH3 is 1. The standard InChI is InChI=1S/C22H28N2O4S/c1-16-6-5-13-24(15-16)22(25)18-8-7-17(2)21(14-18)23(3)29(26,27)20-11-9-19(28-4)10-12-20/h7-12,14,16H,5-6,13,15H2,1-4H3/t16-/m0/s1. The summed E-state index contributed by atoms with van der Waals surface area (Å²) in [4.78, 5) is 15.0. The van der Waals surface area contributed by atoms with E-state index >= 15 is 0 Å². The van der Waals surface area contributed by atoms with Gasteiger partial charge in [0.2, 0.25) is 0 Å². The summed E-state index contributed by atoms with van der Waals surface area (Å²) >= 11 is 0. The van der Waals surface area contributed by atoms with Crippen molar-refractivity contribution in [3.8, 4) is 5.75 Å². The minimum atomic E-state index is -3.76. The minimum Gasteiger partial charge on any atom is -0.497 e. The number of nitrogens with zero attached hydrogens (tertiary/aromatic N) is 2. The number of likely N-dealkylation sites (tertiary alicyclic amines) is 1. The molecule has 0 N–H and O–H groups in total. The maximum Gasteiger partial charge on any atom is 0.264 e. The highest BCUT2D eigenvalue weighted by Crippen LogP contribution is 2.28. The van der Waals surface area contributed by atoms with Crippen LogP contribution in [0.25, 0.3) is 0 Å². The molecular weight excluding hydrogens is 388 g/mol. The number of piperidine rings is 1. The zero-order chi connectivity index (χ0) is 21.2. The molecule has 1 saturated heterocycles. The first kappa shape index (κ1) is 21.2. The number of rotatable bonds is 5. The number of benzene rings is 2. The van der Waals surface area contributed by atoms with Crippen molar-refractivity contribution in [1.82, 2.24) is 4.90 Å². The summed E-state index contributed by atoms with van der Waals surface area (Å²) in [5.41, 5.74) is 1.79. The van der Waals surface area contributed by atoms with Crippen molar-refractivity contribution in [3.63, 3.8) is 0 Å². The van der Waals surface area contributed by atoms with Crippen LogP contribution in [0.4, 0.5) is 5.69 Å². The summed E-state index contributed by atoms with van der Waals surface area (Å²) in [6.45, 7) is 5.47. The molecule has 0 radical (unpaired) electrons. The Hall–Kier alpha value is -2.54. The Balaban J connectivity index is 1.91. The molecular formula is C22H28N2O4S. The van der Waals surface area contributed by atoms with Crippen molar-refractivity contribution in [2.24, 2.45) is 5.92 Å². The Bertz CT molecular complexity index is 986. The first-order valence-electron chi connectivity index (χ1n) is 9.77. The average molecular weight is 417 g/mol. The van der Waals surface area contributed by atoms with Gasteiger partial charge in [-0.15, -0.1) is 0 Å². The average Bonchev–Trinajstić information content (AvgIpc) is 2.73. The number of amides is 1. The van der Waals surface area contributed by atoms with Gasteiger partial charge in [0.25, 0.3) is 15.9 Å². The van der Waals surface area contributed by atoms with Crippen LogP contribution in [-0.2, 0) is 10.0 Å². The summed E-state index contributed by atoms with van der Waals surface area (Å²) in [6.07, 6.45) is 2.13. The van der Waals surface area contributed by atoms with Gasteiger partial charge in [-0.2, -0.15) is 0 Å². The first-order valence-corrected chi connectivity index (χ1v) is 11.2. The van der Waals surface area contributed by atoms with Gasteiger partial charge in [-0.3, -0.25) is 9.10 Å². The molecule has 0 bridgehead atoms. The van der Waals surface area contributed by atoms with E-state index in [1.54, 1.807) is 30.3 Å². The molecule has 0 spiro atoms. The molecule has 1 aliphatic heterocycles. The van der Waals surface area contributed by atoms with Gasteiger partial charge in [-0.05, 0) is 67.6 Å². The molecule has 0 saturated carbocycles. The molecule has 1 aliphatic rings. The second-order valence-corrected chi connectivity index (χ2v) is 9.62. The van der Waals surface area contributed by atoms with E-state index in [-0.39, 0.29) is 10.8 Å². The van der Waals surface area contributed by atoms with E-state index in [1.165, 1.54) is 30.6 Å². The smallest absolute Gasteiger partial charge is 0.264 e. The molecule has 6 nitrogen and oxygen atoms in total. The number of carbonyl (C=O) groups is 1. The van der Waals surface area contributed by atoms with E-state index in [1.807, 2.05) is 11.8 Å². The lowest BCUT2D eigenvalue weighted by atomic mass is 9.99. The van der Waals surface area contributed by atoms with E-state index in [0.29, 0.717) is 22.9 Å². The Morgan fingerprint density at radius 3 is 2.48 bits per heavy atom. The van der Waals surface area contributed by atoms with Gasteiger partial charge in [0.15, 0.2) is 0 Å². The molecule has 1 heterocycles. The molecule has 2 aromatic rings. The van der Waals surface area contributed by atoms with Crippen LogP contribution in [0.15, 0.2) is 47.4 Å². The molecule has 7 heteroatoms. The van der Waals surface area contributed by atoms with Crippen LogP contribution in [0.1, 0.15) is 35.7 Å². The zero-order valence-electron chi connectivity index (χ0n) is 17.4. The van der Waals surface area contributed by atoms with Crippen molar-refractivity contribution >= 4 is 21.6 Å². The van der Waals surface area contributed by atoms with E-state index in [2.05, 4.69) is 6.92 Å². The molecule has 1 amide bonds. The van der Waals surface area contributed by atoms with Gasteiger partial charge < -0.3 is 9.64 Å². The number of ether oxygens (including phenoxy) is 1. The highest BCUT2D eigenvalue weighted by molar-refractivity contribution is 7.92. The van der Waals surface area contributed by atoms with E-state index in [0.717, 1.165) is 31.5 Å². The predicted molar refractivity (Wildman–Crippen MR) is 114 cm³/mol. The molecule has 1 fully saturated rings. The molecule has 0 aliphatic carbocycles. The monoisotopic (exact) mass is 416 g/mol. The molecule has 156 valence electrons. The third kappa shape index (κ3) is 4.40. The van der Waals surface area contributed by atoms with Gasteiger partial charge in [0, 0.05) is 25.7 Å². The highest BCUT2D eigenvalue weighted by Gasteiger charge is 2.26. The van der Waals surface area contributed by atoms with Crippen molar-refractivity contribution < 1.29 is 17.9 Å². The van der Waals surface area contributed by atoms with Gasteiger partial charge >= 0.3 is 0 Å². The Morgan fingerprint density at radius 2 is 1.86 bits per heavy atom. The number of aryl methyl sites for hydroxylation is 1. The second-order valence-electron chi connectivity index (χ2n) is 7.65. The largest absolute Gasteiger partial charge is 0.497 e. The molecule has 0 aromatic heterocycles. The summed E-state index contributed by atoms with van der Waals surface area (Å²) in [5, 5.41) is 0. The van der Waals surface area contributed by atoms with Crippen LogP contribution in [-0.4, -0.2) is 46.5 Å².